The highest BCUT2D eigenvalue weighted by molar-refractivity contribution is 6.33. The van der Waals surface area contributed by atoms with E-state index in [0.717, 1.165) is 10.5 Å². The third kappa shape index (κ3) is 3.65. The van der Waals surface area contributed by atoms with E-state index in [-0.39, 0.29) is 6.42 Å². The first-order valence-corrected chi connectivity index (χ1v) is 9.50. The monoisotopic (exact) mass is 404 g/mol. The summed E-state index contributed by atoms with van der Waals surface area (Å²) in [5.41, 5.74) is 1.87. The first-order chi connectivity index (χ1) is 14.1. The molecule has 5 nitrogen and oxygen atoms in total. The van der Waals surface area contributed by atoms with Crippen LogP contribution in [0.3, 0.4) is 0 Å². The SMILES string of the molecule is O=C(Nc1ccccc1Cl)[C@@H](Cc1ccccc1)N1C(=O)c2ccccc2C1=O. The van der Waals surface area contributed by atoms with Crippen molar-refractivity contribution >= 4 is 35.0 Å². The van der Waals surface area contributed by atoms with E-state index >= 15 is 0 Å². The maximum atomic E-state index is 13.2. The highest BCUT2D eigenvalue weighted by Gasteiger charge is 2.42. The minimum absolute atomic E-state index is 0.197. The number of fused-ring (bicyclic) bond motifs is 1. The van der Waals surface area contributed by atoms with Crippen LogP contribution in [0.5, 0.6) is 0 Å². The summed E-state index contributed by atoms with van der Waals surface area (Å²) < 4.78 is 0. The van der Waals surface area contributed by atoms with E-state index in [1.807, 2.05) is 30.3 Å². The fraction of sp³-hybridized carbons (Fsp3) is 0.0870. The average Bonchev–Trinajstić information content (AvgIpc) is 2.99. The quantitative estimate of drug-likeness (QED) is 0.648. The molecule has 3 amide bonds. The lowest BCUT2D eigenvalue weighted by molar-refractivity contribution is -0.119. The number of rotatable bonds is 5. The summed E-state index contributed by atoms with van der Waals surface area (Å²) in [4.78, 5) is 40.2. The van der Waals surface area contributed by atoms with Crippen LogP contribution in [0, 0.1) is 0 Å². The van der Waals surface area contributed by atoms with Crippen molar-refractivity contribution < 1.29 is 14.4 Å². The molecule has 1 N–H and O–H groups in total. The van der Waals surface area contributed by atoms with Crippen LogP contribution in [0.1, 0.15) is 26.3 Å². The first-order valence-electron chi connectivity index (χ1n) is 9.12. The number of imide groups is 1. The maximum Gasteiger partial charge on any atom is 0.262 e. The van der Waals surface area contributed by atoms with Crippen molar-refractivity contribution in [2.75, 3.05) is 5.32 Å². The van der Waals surface area contributed by atoms with Crippen LogP contribution in [-0.2, 0) is 11.2 Å². The van der Waals surface area contributed by atoms with Crippen molar-refractivity contribution in [2.45, 2.75) is 12.5 Å². The van der Waals surface area contributed by atoms with Gasteiger partial charge in [0.1, 0.15) is 6.04 Å². The number of nitrogens with one attached hydrogen (secondary N) is 1. The summed E-state index contributed by atoms with van der Waals surface area (Å²) in [6.07, 6.45) is 0.197. The van der Waals surface area contributed by atoms with Crippen LogP contribution in [0.15, 0.2) is 78.9 Å². The lowest BCUT2D eigenvalue weighted by atomic mass is 10.0. The van der Waals surface area contributed by atoms with Gasteiger partial charge in [0.05, 0.1) is 21.8 Å². The molecule has 0 fully saturated rings. The van der Waals surface area contributed by atoms with Gasteiger partial charge in [0.2, 0.25) is 5.91 Å². The number of benzene rings is 3. The smallest absolute Gasteiger partial charge is 0.262 e. The van der Waals surface area contributed by atoms with Crippen molar-refractivity contribution in [1.29, 1.82) is 0 Å². The normalized spacial score (nSPS) is 13.9. The predicted molar refractivity (Wildman–Crippen MR) is 111 cm³/mol. The Morgan fingerprint density at radius 1 is 0.828 bits per heavy atom. The summed E-state index contributed by atoms with van der Waals surface area (Å²) in [6, 6.07) is 21.7. The molecule has 1 aliphatic rings. The highest BCUT2D eigenvalue weighted by atomic mass is 35.5. The van der Waals surface area contributed by atoms with Crippen molar-refractivity contribution in [1.82, 2.24) is 4.90 Å². The standard InChI is InChI=1S/C23H17ClN2O3/c24-18-12-6-7-13-19(18)25-21(27)20(14-15-8-2-1-3-9-15)26-22(28)16-10-4-5-11-17(16)23(26)29/h1-13,20H,14H2,(H,25,27)/t20-/m1/s1. The zero-order valence-electron chi connectivity index (χ0n) is 15.3. The molecule has 3 aromatic carbocycles. The number of anilines is 1. The van der Waals surface area contributed by atoms with Crippen LogP contribution in [-0.4, -0.2) is 28.7 Å². The fourth-order valence-corrected chi connectivity index (χ4v) is 3.59. The highest BCUT2D eigenvalue weighted by Crippen LogP contribution is 2.27. The van der Waals surface area contributed by atoms with Gasteiger partial charge < -0.3 is 5.32 Å². The third-order valence-electron chi connectivity index (χ3n) is 4.84. The van der Waals surface area contributed by atoms with E-state index in [1.165, 1.54) is 0 Å². The molecule has 6 heteroatoms. The molecule has 29 heavy (non-hydrogen) atoms. The number of nitrogens with zero attached hydrogens (tertiary/aromatic N) is 1. The molecule has 0 radical (unpaired) electrons. The molecule has 0 spiro atoms. The number of halogens is 1. The second-order valence-corrected chi connectivity index (χ2v) is 7.11. The molecule has 0 saturated carbocycles. The molecule has 3 aromatic rings. The van der Waals surface area contributed by atoms with Gasteiger partial charge >= 0.3 is 0 Å². The van der Waals surface area contributed by atoms with Crippen LogP contribution in [0.4, 0.5) is 5.69 Å². The Kier molecular flexibility index (Phi) is 5.14. The molecule has 0 unspecified atom stereocenters. The van der Waals surface area contributed by atoms with Crippen molar-refractivity contribution in [3.05, 3.63) is 101 Å². The Morgan fingerprint density at radius 2 is 1.38 bits per heavy atom. The van der Waals surface area contributed by atoms with E-state index < -0.39 is 23.8 Å². The van der Waals surface area contributed by atoms with Gasteiger partial charge in [-0.05, 0) is 29.8 Å². The maximum absolute atomic E-state index is 13.2. The van der Waals surface area contributed by atoms with Gasteiger partial charge in [-0.15, -0.1) is 0 Å². The Balaban J connectivity index is 1.69. The van der Waals surface area contributed by atoms with Crippen molar-refractivity contribution in [2.24, 2.45) is 0 Å². The summed E-state index contributed by atoms with van der Waals surface area (Å²) in [7, 11) is 0. The average molecular weight is 405 g/mol. The minimum Gasteiger partial charge on any atom is -0.323 e. The third-order valence-corrected chi connectivity index (χ3v) is 5.17. The number of para-hydroxylation sites is 1. The second kappa shape index (κ2) is 7.89. The molecule has 0 saturated heterocycles. The van der Waals surface area contributed by atoms with E-state index in [0.29, 0.717) is 21.8 Å². The largest absolute Gasteiger partial charge is 0.323 e. The summed E-state index contributed by atoms with van der Waals surface area (Å²) >= 11 is 6.16. The molecule has 0 bridgehead atoms. The predicted octanol–water partition coefficient (Wildman–Crippen LogP) is 4.19. The molecular weight excluding hydrogens is 388 g/mol. The van der Waals surface area contributed by atoms with Gasteiger partial charge in [0.25, 0.3) is 11.8 Å². The number of carbonyl (C=O) groups is 3. The number of amides is 3. The zero-order valence-corrected chi connectivity index (χ0v) is 16.1. The first kappa shape index (κ1) is 18.9. The van der Waals surface area contributed by atoms with Crippen LogP contribution < -0.4 is 5.32 Å². The Hall–Kier alpha value is -3.44. The molecule has 144 valence electrons. The van der Waals surface area contributed by atoms with Gasteiger partial charge in [0.15, 0.2) is 0 Å². The molecule has 4 rings (SSSR count). The Morgan fingerprint density at radius 3 is 2.00 bits per heavy atom. The summed E-state index contributed by atoms with van der Waals surface area (Å²) in [6.45, 7) is 0. The molecule has 1 atom stereocenters. The topological polar surface area (TPSA) is 66.5 Å². The van der Waals surface area contributed by atoms with Gasteiger partial charge in [-0.2, -0.15) is 0 Å². The lowest BCUT2D eigenvalue weighted by Gasteiger charge is -2.25. The summed E-state index contributed by atoms with van der Waals surface area (Å²) in [5.74, 6) is -1.42. The molecular formula is C23H17ClN2O3. The number of hydrogen-bond donors (Lipinski definition) is 1. The lowest BCUT2D eigenvalue weighted by Crippen LogP contribution is -2.48. The minimum atomic E-state index is -1.01. The Bertz CT molecular complexity index is 1060. The van der Waals surface area contributed by atoms with Crippen molar-refractivity contribution in [3.8, 4) is 0 Å². The van der Waals surface area contributed by atoms with Crippen LogP contribution in [0.2, 0.25) is 5.02 Å². The number of hydrogen-bond acceptors (Lipinski definition) is 3. The van der Waals surface area contributed by atoms with Crippen LogP contribution >= 0.6 is 11.6 Å². The van der Waals surface area contributed by atoms with E-state index in [1.54, 1.807) is 48.5 Å². The Labute approximate surface area is 172 Å². The zero-order chi connectivity index (χ0) is 20.4. The van der Waals surface area contributed by atoms with E-state index in [4.69, 9.17) is 11.6 Å². The van der Waals surface area contributed by atoms with Gasteiger partial charge in [-0.25, -0.2) is 0 Å². The second-order valence-electron chi connectivity index (χ2n) is 6.70. The van der Waals surface area contributed by atoms with Crippen LogP contribution in [0.25, 0.3) is 0 Å². The van der Waals surface area contributed by atoms with E-state index in [2.05, 4.69) is 5.32 Å². The van der Waals surface area contributed by atoms with E-state index in [9.17, 15) is 14.4 Å². The van der Waals surface area contributed by atoms with Crippen molar-refractivity contribution in [3.63, 3.8) is 0 Å². The van der Waals surface area contributed by atoms with Gasteiger partial charge in [-0.1, -0.05) is 66.2 Å². The summed E-state index contributed by atoms with van der Waals surface area (Å²) in [5, 5.41) is 3.13. The molecule has 0 aromatic heterocycles. The fourth-order valence-electron chi connectivity index (χ4n) is 3.41. The number of carbonyl (C=O) groups excluding carboxylic acids is 3. The molecule has 0 aliphatic carbocycles. The molecule has 1 aliphatic heterocycles. The molecule has 1 heterocycles. The van der Waals surface area contributed by atoms with Gasteiger partial charge in [0, 0.05) is 6.42 Å². The van der Waals surface area contributed by atoms with Gasteiger partial charge in [-0.3, -0.25) is 19.3 Å².